The topological polar surface area (TPSA) is 116 Å². The molecule has 1 aromatic heterocycles. The van der Waals surface area contributed by atoms with Crippen LogP contribution in [0.25, 0.3) is 11.1 Å². The van der Waals surface area contributed by atoms with E-state index in [1.54, 1.807) is 24.5 Å². The molecule has 2 amide bonds. The van der Waals surface area contributed by atoms with Gasteiger partial charge in [0.1, 0.15) is 5.54 Å². The highest BCUT2D eigenvalue weighted by Crippen LogP contribution is 2.41. The predicted octanol–water partition coefficient (Wildman–Crippen LogP) is 6.14. The minimum absolute atomic E-state index is 0.0127. The number of amides is 2. The fraction of sp³-hybridized carbons (Fsp3) is 0.295. The van der Waals surface area contributed by atoms with Gasteiger partial charge in [-0.3, -0.25) is 14.6 Å². The van der Waals surface area contributed by atoms with Crippen LogP contribution in [0.15, 0.2) is 128 Å². The van der Waals surface area contributed by atoms with E-state index in [2.05, 4.69) is 61.8 Å². The molecule has 0 saturated carbocycles. The van der Waals surface area contributed by atoms with Gasteiger partial charge in [0.25, 0.3) is 5.91 Å². The molecule has 3 atom stereocenters. The first-order valence-corrected chi connectivity index (χ1v) is 18.7. The van der Waals surface area contributed by atoms with Crippen molar-refractivity contribution >= 4 is 17.5 Å². The van der Waals surface area contributed by atoms with Crippen molar-refractivity contribution in [2.75, 3.05) is 31.2 Å². The van der Waals surface area contributed by atoms with E-state index in [0.29, 0.717) is 25.2 Å². The number of pyridine rings is 1. The summed E-state index contributed by atoms with van der Waals surface area (Å²) >= 11 is 0. The van der Waals surface area contributed by atoms with E-state index in [9.17, 15) is 14.7 Å². The molecule has 3 saturated heterocycles. The number of aliphatic hydroxyl groups is 1. The number of benzene rings is 4. The summed E-state index contributed by atoms with van der Waals surface area (Å²) in [6.07, 6.45) is 4.44. The van der Waals surface area contributed by atoms with Gasteiger partial charge in [0.15, 0.2) is 6.29 Å². The summed E-state index contributed by atoms with van der Waals surface area (Å²) in [4.78, 5) is 34.6. The Labute approximate surface area is 315 Å². The molecule has 0 aliphatic carbocycles. The third kappa shape index (κ3) is 7.65. The number of carbonyl (C=O) groups excluding carboxylic acids is 2. The number of nitrogens with zero attached hydrogens (tertiary/aromatic N) is 3. The Morgan fingerprint density at radius 1 is 0.852 bits per heavy atom. The Kier molecular flexibility index (Phi) is 10.5. The largest absolute Gasteiger partial charge is 0.392 e. The number of aliphatic hydroxyl groups excluding tert-OH is 1. The molecule has 276 valence electrons. The number of rotatable bonds is 10. The summed E-state index contributed by atoms with van der Waals surface area (Å²) in [5.41, 5.74) is 6.89. The maximum Gasteiger partial charge on any atom is 0.253 e. The van der Waals surface area contributed by atoms with Crippen LogP contribution < -0.4 is 15.5 Å². The van der Waals surface area contributed by atoms with Crippen LogP contribution >= 0.6 is 0 Å². The lowest BCUT2D eigenvalue weighted by atomic mass is 9.85. The average Bonchev–Trinajstić information content (AvgIpc) is 3.55. The van der Waals surface area contributed by atoms with Crippen molar-refractivity contribution in [1.82, 2.24) is 20.5 Å². The molecular formula is C44H45N5O5. The summed E-state index contributed by atoms with van der Waals surface area (Å²) in [5.74, 6) is -0.0564. The first-order valence-electron chi connectivity index (χ1n) is 18.7. The van der Waals surface area contributed by atoms with Crippen molar-refractivity contribution in [3.8, 4) is 11.1 Å². The van der Waals surface area contributed by atoms with Crippen LogP contribution in [0.3, 0.4) is 0 Å². The molecule has 5 aromatic rings. The summed E-state index contributed by atoms with van der Waals surface area (Å²) < 4.78 is 13.5. The Hall–Kier alpha value is -5.39. The molecular weight excluding hydrogens is 679 g/mol. The lowest BCUT2D eigenvalue weighted by molar-refractivity contribution is -0.253. The van der Waals surface area contributed by atoms with Gasteiger partial charge in [-0.1, -0.05) is 78.9 Å². The molecule has 54 heavy (non-hydrogen) atoms. The minimum atomic E-state index is -0.599. The third-order valence-electron chi connectivity index (χ3n) is 11.0. The van der Waals surface area contributed by atoms with E-state index in [1.165, 1.54) is 0 Å². The molecule has 0 radical (unpaired) electrons. The van der Waals surface area contributed by atoms with Gasteiger partial charge in [0, 0.05) is 56.2 Å². The molecule has 3 N–H and O–H groups in total. The highest BCUT2D eigenvalue weighted by molar-refractivity contribution is 5.94. The predicted molar refractivity (Wildman–Crippen MR) is 206 cm³/mol. The van der Waals surface area contributed by atoms with Gasteiger partial charge in [0.05, 0.1) is 31.0 Å². The summed E-state index contributed by atoms with van der Waals surface area (Å²) in [7, 11) is 0. The Morgan fingerprint density at radius 3 is 2.39 bits per heavy atom. The van der Waals surface area contributed by atoms with Gasteiger partial charge in [-0.05, 0) is 77.1 Å². The van der Waals surface area contributed by atoms with Gasteiger partial charge in [-0.2, -0.15) is 0 Å². The van der Waals surface area contributed by atoms with Crippen LogP contribution in [0, 0.1) is 0 Å². The van der Waals surface area contributed by atoms with Crippen molar-refractivity contribution in [1.29, 1.82) is 0 Å². The number of anilines is 1. The smallest absolute Gasteiger partial charge is 0.253 e. The van der Waals surface area contributed by atoms with E-state index >= 15 is 0 Å². The van der Waals surface area contributed by atoms with Crippen molar-refractivity contribution in [2.24, 2.45) is 0 Å². The maximum absolute atomic E-state index is 13.3. The number of hydrogen-bond acceptors (Lipinski definition) is 8. The van der Waals surface area contributed by atoms with Crippen LogP contribution in [0.5, 0.6) is 0 Å². The Bertz CT molecular complexity index is 2050. The summed E-state index contributed by atoms with van der Waals surface area (Å²) in [5, 5.41) is 15.8. The molecule has 1 spiro atoms. The molecule has 4 heterocycles. The van der Waals surface area contributed by atoms with Gasteiger partial charge < -0.3 is 35.0 Å². The van der Waals surface area contributed by atoms with Gasteiger partial charge in [-0.15, -0.1) is 0 Å². The van der Waals surface area contributed by atoms with Crippen LogP contribution in [-0.2, 0) is 27.4 Å². The SMILES string of the molecule is O=C(NCc1cccc(-c2cccc([C@H]3O[C@@H](CN4CCC5(CC4)C(=O)NCN5c4ccccc4)C[C@@H](c4ccc(CO)cc4)O3)c2)c1)c1cccnc1. The molecule has 3 aliphatic rings. The van der Waals surface area contributed by atoms with E-state index in [4.69, 9.17) is 9.47 Å². The number of aromatic nitrogens is 1. The molecule has 0 bridgehead atoms. The zero-order valence-electron chi connectivity index (χ0n) is 30.1. The van der Waals surface area contributed by atoms with Crippen molar-refractivity contribution in [2.45, 2.75) is 56.5 Å². The minimum Gasteiger partial charge on any atom is -0.392 e. The molecule has 10 nitrogen and oxygen atoms in total. The Balaban J connectivity index is 0.983. The normalized spacial score (nSPS) is 21.2. The molecule has 8 rings (SSSR count). The number of likely N-dealkylation sites (tertiary alicyclic amines) is 1. The number of carbonyl (C=O) groups is 2. The zero-order valence-corrected chi connectivity index (χ0v) is 30.1. The summed E-state index contributed by atoms with van der Waals surface area (Å²) in [6, 6.07) is 38.1. The summed E-state index contributed by atoms with van der Waals surface area (Å²) in [6.45, 7) is 3.19. The highest BCUT2D eigenvalue weighted by atomic mass is 16.7. The van der Waals surface area contributed by atoms with Crippen LogP contribution in [0.4, 0.5) is 5.69 Å². The molecule has 0 unspecified atom stereocenters. The van der Waals surface area contributed by atoms with E-state index in [0.717, 1.165) is 71.5 Å². The zero-order chi connectivity index (χ0) is 36.9. The second kappa shape index (κ2) is 15.9. The molecule has 4 aromatic carbocycles. The van der Waals surface area contributed by atoms with Crippen LogP contribution in [0.1, 0.15) is 64.3 Å². The Morgan fingerprint density at radius 2 is 1.63 bits per heavy atom. The molecule has 3 fully saturated rings. The number of para-hydroxylation sites is 1. The van der Waals surface area contributed by atoms with E-state index < -0.39 is 11.8 Å². The van der Waals surface area contributed by atoms with Gasteiger partial charge in [-0.25, -0.2) is 0 Å². The first kappa shape index (κ1) is 35.6. The second-order valence-electron chi connectivity index (χ2n) is 14.4. The van der Waals surface area contributed by atoms with Crippen molar-refractivity contribution < 1.29 is 24.2 Å². The maximum atomic E-state index is 13.3. The molecule has 3 aliphatic heterocycles. The third-order valence-corrected chi connectivity index (χ3v) is 11.0. The lowest BCUT2D eigenvalue weighted by Gasteiger charge is -2.45. The van der Waals surface area contributed by atoms with E-state index in [-0.39, 0.29) is 30.6 Å². The fourth-order valence-corrected chi connectivity index (χ4v) is 7.97. The number of ether oxygens (including phenoxy) is 2. The van der Waals surface area contributed by atoms with Crippen LogP contribution in [-0.4, -0.2) is 64.8 Å². The highest BCUT2D eigenvalue weighted by Gasteiger charge is 2.50. The first-order chi connectivity index (χ1) is 26.5. The van der Waals surface area contributed by atoms with Crippen LogP contribution in [0.2, 0.25) is 0 Å². The van der Waals surface area contributed by atoms with Gasteiger partial charge >= 0.3 is 0 Å². The second-order valence-corrected chi connectivity index (χ2v) is 14.4. The fourth-order valence-electron chi connectivity index (χ4n) is 7.97. The molecule has 10 heteroatoms. The van der Waals surface area contributed by atoms with Crippen molar-refractivity contribution in [3.05, 3.63) is 155 Å². The lowest BCUT2D eigenvalue weighted by Crippen LogP contribution is -2.57. The monoisotopic (exact) mass is 723 g/mol. The standard InChI is InChI=1S/C44H45N5O5/c50-29-31-14-16-33(17-15-31)40-25-39(28-48-21-18-44(19-22-48)43(52)47-30-49(44)38-12-2-1-3-13-38)53-42(54-40)36-10-5-9-35(24-36)34-8-4-7-32(23-34)26-46-41(51)37-11-6-20-45-27-37/h1-17,20,23-24,27,39-40,42,50H,18-19,21-22,25-26,28-30H2,(H,46,51)(H,47,52)/t39-,40+,42+/m1/s1. The number of piperidine rings is 1. The number of nitrogens with one attached hydrogen (secondary N) is 2. The average molecular weight is 724 g/mol. The van der Waals surface area contributed by atoms with Gasteiger partial charge in [0.2, 0.25) is 5.91 Å². The van der Waals surface area contributed by atoms with Crippen molar-refractivity contribution in [3.63, 3.8) is 0 Å². The quantitative estimate of drug-likeness (QED) is 0.157. The number of hydrogen-bond donors (Lipinski definition) is 3. The van der Waals surface area contributed by atoms with E-state index in [1.807, 2.05) is 66.7 Å².